The molecule has 1 saturated carbocycles. The Morgan fingerprint density at radius 3 is 2.65 bits per heavy atom. The van der Waals surface area contributed by atoms with Crippen LogP contribution in [0.5, 0.6) is 0 Å². The fourth-order valence-corrected chi connectivity index (χ4v) is 2.10. The summed E-state index contributed by atoms with van der Waals surface area (Å²) in [5.74, 6) is 0.0379. The van der Waals surface area contributed by atoms with Gasteiger partial charge in [-0.1, -0.05) is 6.92 Å². The summed E-state index contributed by atoms with van der Waals surface area (Å²) in [6.07, 6.45) is 2.94. The predicted octanol–water partition coefficient (Wildman–Crippen LogP) is 0.283. The number of hydrogen-bond acceptors (Lipinski definition) is 4. The smallest absolute Gasteiger partial charge is 0.240 e. The lowest BCUT2D eigenvalue weighted by Gasteiger charge is -2.31. The number of carbonyl (C=O) groups excluding carboxylic acids is 1. The third-order valence-corrected chi connectivity index (χ3v) is 3.17. The first kappa shape index (κ1) is 14.4. The minimum Gasteiger partial charge on any atom is -0.385 e. The molecule has 3 N–H and O–H groups in total. The van der Waals surface area contributed by atoms with Crippen molar-refractivity contribution in [2.45, 2.75) is 31.7 Å². The topological polar surface area (TPSA) is 73.6 Å². The number of nitrogens with one attached hydrogen (secondary N) is 1. The van der Waals surface area contributed by atoms with Crippen molar-refractivity contribution in [3.05, 3.63) is 0 Å². The molecule has 100 valence electrons. The molecule has 1 aliphatic carbocycles. The van der Waals surface area contributed by atoms with Gasteiger partial charge in [-0.25, -0.2) is 0 Å². The second-order valence-electron chi connectivity index (χ2n) is 4.54. The predicted molar refractivity (Wildman–Crippen MR) is 65.6 cm³/mol. The van der Waals surface area contributed by atoms with Crippen molar-refractivity contribution in [2.75, 3.05) is 33.5 Å². The zero-order chi connectivity index (χ0) is 12.7. The first-order valence-electron chi connectivity index (χ1n) is 6.29. The van der Waals surface area contributed by atoms with E-state index < -0.39 is 5.54 Å². The largest absolute Gasteiger partial charge is 0.385 e. The van der Waals surface area contributed by atoms with Crippen LogP contribution in [0.3, 0.4) is 0 Å². The molecule has 5 heteroatoms. The Hall–Kier alpha value is -0.650. The molecule has 5 nitrogen and oxygen atoms in total. The highest BCUT2D eigenvalue weighted by Crippen LogP contribution is 2.39. The van der Waals surface area contributed by atoms with Crippen LogP contribution in [0.2, 0.25) is 0 Å². The van der Waals surface area contributed by atoms with Gasteiger partial charge in [-0.05, 0) is 31.7 Å². The summed E-state index contributed by atoms with van der Waals surface area (Å²) in [6, 6.07) is 0. The SMILES string of the molecule is CCNC(COCCCOC)(C(N)=O)C1CC1. The number of nitrogens with two attached hydrogens (primary N) is 1. The monoisotopic (exact) mass is 244 g/mol. The number of carbonyl (C=O) groups is 1. The summed E-state index contributed by atoms with van der Waals surface area (Å²) in [6.45, 7) is 4.34. The highest BCUT2D eigenvalue weighted by Gasteiger charge is 2.49. The molecule has 0 aromatic carbocycles. The molecule has 0 aliphatic heterocycles. The molecule has 0 aromatic rings. The lowest BCUT2D eigenvalue weighted by molar-refractivity contribution is -0.128. The van der Waals surface area contributed by atoms with Crippen molar-refractivity contribution in [2.24, 2.45) is 11.7 Å². The number of ether oxygens (including phenoxy) is 2. The lowest BCUT2D eigenvalue weighted by Crippen LogP contribution is -2.60. The zero-order valence-electron chi connectivity index (χ0n) is 10.8. The van der Waals surface area contributed by atoms with Gasteiger partial charge in [0.1, 0.15) is 5.54 Å². The number of amides is 1. The van der Waals surface area contributed by atoms with Crippen molar-refractivity contribution in [3.8, 4) is 0 Å². The molecule has 0 bridgehead atoms. The third kappa shape index (κ3) is 3.94. The van der Waals surface area contributed by atoms with Crippen molar-refractivity contribution in [3.63, 3.8) is 0 Å². The van der Waals surface area contributed by atoms with Crippen LogP contribution in [0.4, 0.5) is 0 Å². The average molecular weight is 244 g/mol. The van der Waals surface area contributed by atoms with Gasteiger partial charge in [0.2, 0.25) is 5.91 Å². The van der Waals surface area contributed by atoms with Crippen LogP contribution in [0.15, 0.2) is 0 Å². The maximum absolute atomic E-state index is 11.7. The molecule has 1 rings (SSSR count). The van der Waals surface area contributed by atoms with Gasteiger partial charge < -0.3 is 20.5 Å². The van der Waals surface area contributed by atoms with Crippen molar-refractivity contribution in [1.82, 2.24) is 5.32 Å². The van der Waals surface area contributed by atoms with Crippen LogP contribution in [-0.4, -0.2) is 44.9 Å². The molecule has 1 aliphatic rings. The van der Waals surface area contributed by atoms with E-state index in [-0.39, 0.29) is 5.91 Å². The third-order valence-electron chi connectivity index (χ3n) is 3.17. The molecule has 0 spiro atoms. The van der Waals surface area contributed by atoms with E-state index in [1.54, 1.807) is 7.11 Å². The van der Waals surface area contributed by atoms with Gasteiger partial charge in [0.05, 0.1) is 6.61 Å². The molecule has 0 heterocycles. The standard InChI is InChI=1S/C12H24N2O3/c1-3-14-12(11(13)15,10-5-6-10)9-17-8-4-7-16-2/h10,14H,3-9H2,1-2H3,(H2,13,15). The van der Waals surface area contributed by atoms with Crippen LogP contribution in [0, 0.1) is 5.92 Å². The number of methoxy groups -OCH3 is 1. The fraction of sp³-hybridized carbons (Fsp3) is 0.917. The van der Waals surface area contributed by atoms with E-state index in [2.05, 4.69) is 5.32 Å². The van der Waals surface area contributed by atoms with E-state index in [0.717, 1.165) is 25.8 Å². The summed E-state index contributed by atoms with van der Waals surface area (Å²) >= 11 is 0. The van der Waals surface area contributed by atoms with Crippen LogP contribution in [0.1, 0.15) is 26.2 Å². The maximum Gasteiger partial charge on any atom is 0.240 e. The van der Waals surface area contributed by atoms with E-state index in [4.69, 9.17) is 15.2 Å². The van der Waals surface area contributed by atoms with Crippen molar-refractivity contribution >= 4 is 5.91 Å². The van der Waals surface area contributed by atoms with Crippen LogP contribution < -0.4 is 11.1 Å². The maximum atomic E-state index is 11.7. The van der Waals surface area contributed by atoms with Gasteiger partial charge in [0.15, 0.2) is 0 Å². The van der Waals surface area contributed by atoms with Crippen LogP contribution in [0.25, 0.3) is 0 Å². The summed E-state index contributed by atoms with van der Waals surface area (Å²) in [7, 11) is 1.66. The Bertz CT molecular complexity index is 244. The first-order chi connectivity index (χ1) is 8.17. The molecule has 1 fully saturated rings. The summed E-state index contributed by atoms with van der Waals surface area (Å²) in [4.78, 5) is 11.7. The summed E-state index contributed by atoms with van der Waals surface area (Å²) < 4.78 is 10.5. The van der Waals surface area contributed by atoms with E-state index in [1.807, 2.05) is 6.92 Å². The van der Waals surface area contributed by atoms with E-state index >= 15 is 0 Å². The number of rotatable bonds is 10. The van der Waals surface area contributed by atoms with E-state index in [9.17, 15) is 4.79 Å². The van der Waals surface area contributed by atoms with E-state index in [0.29, 0.717) is 25.7 Å². The van der Waals surface area contributed by atoms with Gasteiger partial charge in [-0.2, -0.15) is 0 Å². The molecule has 1 amide bonds. The minimum absolute atomic E-state index is 0.298. The Morgan fingerprint density at radius 1 is 1.47 bits per heavy atom. The van der Waals surface area contributed by atoms with Crippen LogP contribution in [-0.2, 0) is 14.3 Å². The molecule has 0 aromatic heterocycles. The minimum atomic E-state index is -0.665. The van der Waals surface area contributed by atoms with Crippen LogP contribution >= 0.6 is 0 Å². The number of hydrogen-bond donors (Lipinski definition) is 2. The normalized spacial score (nSPS) is 18.9. The quantitative estimate of drug-likeness (QED) is 0.541. The Labute approximate surface area is 103 Å². The summed E-state index contributed by atoms with van der Waals surface area (Å²) in [5.41, 5.74) is 4.87. The molecule has 1 atom stereocenters. The number of likely N-dealkylation sites (N-methyl/N-ethyl adjacent to an activating group) is 1. The Morgan fingerprint density at radius 2 is 2.18 bits per heavy atom. The molecule has 0 saturated heterocycles. The van der Waals surface area contributed by atoms with E-state index in [1.165, 1.54) is 0 Å². The number of primary amides is 1. The van der Waals surface area contributed by atoms with Gasteiger partial charge >= 0.3 is 0 Å². The highest BCUT2D eigenvalue weighted by molar-refractivity contribution is 5.85. The zero-order valence-corrected chi connectivity index (χ0v) is 10.8. The molecular formula is C12H24N2O3. The lowest BCUT2D eigenvalue weighted by atomic mass is 9.93. The molecule has 1 unspecified atom stereocenters. The highest BCUT2D eigenvalue weighted by atomic mass is 16.5. The van der Waals surface area contributed by atoms with Gasteiger partial charge in [0, 0.05) is 20.3 Å². The second kappa shape index (κ2) is 6.93. The molecular weight excluding hydrogens is 220 g/mol. The summed E-state index contributed by atoms with van der Waals surface area (Å²) in [5, 5.41) is 3.22. The Kier molecular flexibility index (Phi) is 5.88. The van der Waals surface area contributed by atoms with Gasteiger partial charge in [0.25, 0.3) is 0 Å². The Balaban J connectivity index is 2.42. The second-order valence-corrected chi connectivity index (χ2v) is 4.54. The van der Waals surface area contributed by atoms with Gasteiger partial charge in [-0.3, -0.25) is 4.79 Å². The van der Waals surface area contributed by atoms with Crippen molar-refractivity contribution in [1.29, 1.82) is 0 Å². The molecule has 17 heavy (non-hydrogen) atoms. The molecule has 0 radical (unpaired) electrons. The average Bonchev–Trinajstić information content (AvgIpc) is 3.11. The first-order valence-corrected chi connectivity index (χ1v) is 6.29. The van der Waals surface area contributed by atoms with Gasteiger partial charge in [-0.15, -0.1) is 0 Å². The fourth-order valence-electron chi connectivity index (χ4n) is 2.10. The van der Waals surface area contributed by atoms with Crippen molar-refractivity contribution < 1.29 is 14.3 Å².